The normalized spacial score (nSPS) is 13.4. The Labute approximate surface area is 236 Å². The predicted octanol–water partition coefficient (Wildman–Crippen LogP) is 7.09. The quantitative estimate of drug-likeness (QED) is 0.0987. The lowest BCUT2D eigenvalue weighted by atomic mass is 10.0. The van der Waals surface area contributed by atoms with Gasteiger partial charge in [0.2, 0.25) is 0 Å². The maximum Gasteiger partial charge on any atom is 0.465 e. The van der Waals surface area contributed by atoms with Crippen LogP contribution in [0.4, 0.5) is 65.9 Å². The van der Waals surface area contributed by atoms with Crippen molar-refractivity contribution in [3.63, 3.8) is 0 Å². The zero-order valence-corrected chi connectivity index (χ0v) is 21.6. The van der Waals surface area contributed by atoms with Gasteiger partial charge in [0, 0.05) is 6.54 Å². The first kappa shape index (κ1) is 38.6. The van der Waals surface area contributed by atoms with Crippen molar-refractivity contribution in [2.24, 2.45) is 0 Å². The Hall–Kier alpha value is -3.42. The Morgan fingerprint density at radius 1 is 0.545 bits per heavy atom. The second-order valence-corrected chi connectivity index (χ2v) is 8.90. The number of rotatable bonds is 14. The first-order valence-corrected chi connectivity index (χ1v) is 12.0. The van der Waals surface area contributed by atoms with Gasteiger partial charge in [0.05, 0.1) is 0 Å². The SMILES string of the molecule is O=C(NCCCCCCCCc1ccc(OC(=O)C(F)(F)C(F)(F)F)c(OC(=O)C(F)(F)C(F)(F)F)c1)C(F)(F)C(F)(F)F. The third-order valence-corrected chi connectivity index (χ3v) is 5.46. The summed E-state index contributed by atoms with van der Waals surface area (Å²) in [5.74, 6) is -30.1. The van der Waals surface area contributed by atoms with Crippen LogP contribution in [0, 0.1) is 0 Å². The standard InChI is InChI=1S/C23H20F15NO5/c24-18(25,21(30,31)32)15(40)39-10-6-4-2-1-3-5-7-12-8-9-13(43-16(41)19(26,27)22(33,34)35)14(11-12)44-17(42)20(28,29)23(36,37)38/h8-9,11H,1-7,10H2,(H,39,40). The molecule has 0 spiro atoms. The van der Waals surface area contributed by atoms with Gasteiger partial charge in [-0.15, -0.1) is 0 Å². The van der Waals surface area contributed by atoms with Gasteiger partial charge < -0.3 is 14.8 Å². The number of amides is 1. The monoisotopic (exact) mass is 675 g/mol. The minimum atomic E-state index is -6.50. The zero-order chi connectivity index (χ0) is 34.4. The number of nitrogens with one attached hydrogen (secondary N) is 1. The van der Waals surface area contributed by atoms with E-state index in [4.69, 9.17) is 0 Å². The third-order valence-electron chi connectivity index (χ3n) is 5.46. The van der Waals surface area contributed by atoms with Crippen LogP contribution in [0.15, 0.2) is 18.2 Å². The number of esters is 2. The van der Waals surface area contributed by atoms with Crippen LogP contribution < -0.4 is 14.8 Å². The minimum absolute atomic E-state index is 0.0184. The lowest BCUT2D eigenvalue weighted by Gasteiger charge is -2.20. The van der Waals surface area contributed by atoms with E-state index >= 15 is 0 Å². The van der Waals surface area contributed by atoms with Crippen LogP contribution in [0.3, 0.4) is 0 Å². The smallest absolute Gasteiger partial charge is 0.418 e. The molecule has 0 bridgehead atoms. The van der Waals surface area contributed by atoms with E-state index < -0.39 is 72.2 Å². The van der Waals surface area contributed by atoms with Gasteiger partial charge in [-0.05, 0) is 37.0 Å². The number of carbonyl (C=O) groups excluding carboxylic acids is 3. The summed E-state index contributed by atoms with van der Waals surface area (Å²) >= 11 is 0. The number of halogens is 15. The lowest BCUT2D eigenvalue weighted by molar-refractivity contribution is -0.277. The molecule has 0 saturated heterocycles. The Bertz CT molecular complexity index is 1160. The molecule has 1 aromatic rings. The molecule has 0 aliphatic rings. The van der Waals surface area contributed by atoms with Gasteiger partial charge in [0.15, 0.2) is 11.5 Å². The summed E-state index contributed by atoms with van der Waals surface area (Å²) in [5.41, 5.74) is -0.0567. The average Bonchev–Trinajstić information content (AvgIpc) is 2.86. The summed E-state index contributed by atoms with van der Waals surface area (Å²) in [5, 5.41) is 1.44. The molecule has 21 heteroatoms. The molecule has 0 aliphatic carbocycles. The summed E-state index contributed by atoms with van der Waals surface area (Å²) in [6.45, 7) is -0.495. The maximum atomic E-state index is 13.3. The van der Waals surface area contributed by atoms with Gasteiger partial charge in [-0.2, -0.15) is 65.9 Å². The molecule has 0 aliphatic heterocycles. The maximum absolute atomic E-state index is 13.3. The van der Waals surface area contributed by atoms with E-state index in [9.17, 15) is 80.2 Å². The molecule has 1 amide bonds. The Balaban J connectivity index is 2.80. The summed E-state index contributed by atoms with van der Waals surface area (Å²) in [6, 6.07) is 1.77. The van der Waals surface area contributed by atoms with Gasteiger partial charge in [-0.25, -0.2) is 9.59 Å². The first-order valence-electron chi connectivity index (χ1n) is 12.0. The number of benzene rings is 1. The van der Waals surface area contributed by atoms with Crippen molar-refractivity contribution in [1.82, 2.24) is 5.32 Å². The summed E-state index contributed by atoms with van der Waals surface area (Å²) in [4.78, 5) is 33.8. The van der Waals surface area contributed by atoms with E-state index in [1.54, 1.807) is 0 Å². The summed E-state index contributed by atoms with van der Waals surface area (Å²) < 4.78 is 197. The highest BCUT2D eigenvalue weighted by atomic mass is 19.4. The highest BCUT2D eigenvalue weighted by molar-refractivity contribution is 5.84. The van der Waals surface area contributed by atoms with Crippen molar-refractivity contribution in [3.8, 4) is 11.5 Å². The molecule has 44 heavy (non-hydrogen) atoms. The first-order chi connectivity index (χ1) is 19.8. The van der Waals surface area contributed by atoms with Crippen molar-refractivity contribution in [2.75, 3.05) is 6.54 Å². The Morgan fingerprint density at radius 3 is 1.41 bits per heavy atom. The number of carbonyl (C=O) groups is 3. The van der Waals surface area contributed by atoms with Gasteiger partial charge in [0.25, 0.3) is 5.91 Å². The van der Waals surface area contributed by atoms with Crippen LogP contribution >= 0.6 is 0 Å². The molecule has 1 aromatic carbocycles. The van der Waals surface area contributed by atoms with Gasteiger partial charge in [-0.1, -0.05) is 31.7 Å². The molecule has 252 valence electrons. The fraction of sp³-hybridized carbons (Fsp3) is 0.609. The fourth-order valence-corrected chi connectivity index (χ4v) is 3.03. The molecule has 0 radical (unpaired) electrons. The highest BCUT2D eigenvalue weighted by Gasteiger charge is 2.66. The second kappa shape index (κ2) is 14.1. The average molecular weight is 675 g/mol. The van der Waals surface area contributed by atoms with Crippen molar-refractivity contribution < 1.29 is 89.7 Å². The van der Waals surface area contributed by atoms with Crippen molar-refractivity contribution in [3.05, 3.63) is 23.8 Å². The molecular formula is C23H20F15NO5. The van der Waals surface area contributed by atoms with E-state index in [0.29, 0.717) is 31.4 Å². The fourth-order valence-electron chi connectivity index (χ4n) is 3.03. The number of ether oxygens (including phenoxy) is 2. The molecule has 1 N–H and O–H groups in total. The molecule has 0 atom stereocenters. The van der Waals surface area contributed by atoms with Gasteiger partial charge in [0.1, 0.15) is 0 Å². The number of hydrogen-bond donors (Lipinski definition) is 1. The van der Waals surface area contributed by atoms with Crippen LogP contribution in [-0.2, 0) is 20.8 Å². The zero-order valence-electron chi connectivity index (χ0n) is 21.6. The Kier molecular flexibility index (Phi) is 12.4. The predicted molar refractivity (Wildman–Crippen MR) is 115 cm³/mol. The molecule has 1 rings (SSSR count). The number of aryl methyl sites for hydroxylation is 1. The molecule has 0 heterocycles. The molecule has 0 fully saturated rings. The van der Waals surface area contributed by atoms with Crippen LogP contribution in [0.2, 0.25) is 0 Å². The number of unbranched alkanes of at least 4 members (excludes halogenated alkanes) is 5. The van der Waals surface area contributed by atoms with Gasteiger partial charge in [-0.3, -0.25) is 4.79 Å². The molecular weight excluding hydrogens is 655 g/mol. The highest BCUT2D eigenvalue weighted by Crippen LogP contribution is 2.41. The van der Waals surface area contributed by atoms with Gasteiger partial charge >= 0.3 is 48.2 Å². The molecule has 6 nitrogen and oxygen atoms in total. The minimum Gasteiger partial charge on any atom is -0.418 e. The third kappa shape index (κ3) is 9.80. The Morgan fingerprint density at radius 2 is 0.955 bits per heavy atom. The second-order valence-electron chi connectivity index (χ2n) is 8.90. The van der Waals surface area contributed by atoms with Crippen LogP contribution in [-0.4, -0.2) is 60.7 Å². The topological polar surface area (TPSA) is 81.7 Å². The van der Waals surface area contributed by atoms with Crippen molar-refractivity contribution >= 4 is 17.8 Å². The van der Waals surface area contributed by atoms with E-state index in [2.05, 4.69) is 9.47 Å². The lowest BCUT2D eigenvalue weighted by Crippen LogP contribution is -2.50. The van der Waals surface area contributed by atoms with E-state index in [1.807, 2.05) is 0 Å². The number of hydrogen-bond acceptors (Lipinski definition) is 5. The van der Waals surface area contributed by atoms with E-state index in [-0.39, 0.29) is 31.2 Å². The van der Waals surface area contributed by atoms with Crippen LogP contribution in [0.1, 0.15) is 44.1 Å². The van der Waals surface area contributed by atoms with Crippen LogP contribution in [0.5, 0.6) is 11.5 Å². The van der Waals surface area contributed by atoms with Crippen molar-refractivity contribution in [1.29, 1.82) is 0 Å². The molecule has 0 aromatic heterocycles. The summed E-state index contributed by atoms with van der Waals surface area (Å²) in [7, 11) is 0. The molecule has 0 unspecified atom stereocenters. The largest absolute Gasteiger partial charge is 0.465 e. The summed E-state index contributed by atoms with van der Waals surface area (Å²) in [6.07, 6.45) is -17.6. The number of alkyl halides is 15. The molecule has 0 saturated carbocycles. The van der Waals surface area contributed by atoms with Crippen molar-refractivity contribution in [2.45, 2.75) is 81.2 Å². The van der Waals surface area contributed by atoms with Crippen LogP contribution in [0.25, 0.3) is 0 Å². The van der Waals surface area contributed by atoms with E-state index in [0.717, 1.165) is 6.07 Å². The van der Waals surface area contributed by atoms with E-state index in [1.165, 1.54) is 5.32 Å².